The third-order valence-electron chi connectivity index (χ3n) is 3.60. The van der Waals surface area contributed by atoms with Gasteiger partial charge in [0.25, 0.3) is 5.91 Å². The van der Waals surface area contributed by atoms with Crippen molar-refractivity contribution in [2.75, 3.05) is 13.2 Å². The fourth-order valence-corrected chi connectivity index (χ4v) is 2.32. The Bertz CT molecular complexity index is 586. The van der Waals surface area contributed by atoms with Crippen molar-refractivity contribution in [2.24, 2.45) is 0 Å². The van der Waals surface area contributed by atoms with Gasteiger partial charge in [-0.1, -0.05) is 12.1 Å². The van der Waals surface area contributed by atoms with E-state index in [9.17, 15) is 22.8 Å². The summed E-state index contributed by atoms with van der Waals surface area (Å²) in [7, 11) is 0. The van der Waals surface area contributed by atoms with E-state index in [1.54, 1.807) is 0 Å². The molecule has 1 aliphatic rings. The van der Waals surface area contributed by atoms with Crippen LogP contribution in [-0.2, 0) is 16.5 Å². The van der Waals surface area contributed by atoms with Crippen molar-refractivity contribution in [1.82, 2.24) is 10.2 Å². The predicted octanol–water partition coefficient (Wildman–Crippen LogP) is 1.85. The van der Waals surface area contributed by atoms with Crippen LogP contribution in [0.4, 0.5) is 18.0 Å². The Kier molecular flexibility index (Phi) is 4.15. The van der Waals surface area contributed by atoms with Gasteiger partial charge in [-0.25, -0.2) is 4.79 Å². The van der Waals surface area contributed by atoms with Crippen LogP contribution >= 0.6 is 0 Å². The van der Waals surface area contributed by atoms with Gasteiger partial charge in [0.05, 0.1) is 5.56 Å². The number of hydrogen-bond acceptors (Lipinski definition) is 3. The number of carbonyl (C=O) groups excluding carboxylic acids is 2. The molecule has 1 saturated heterocycles. The first-order valence-corrected chi connectivity index (χ1v) is 6.63. The fourth-order valence-electron chi connectivity index (χ4n) is 2.32. The van der Waals surface area contributed by atoms with Gasteiger partial charge in [-0.15, -0.1) is 0 Å². The SMILES string of the molecule is CC1(c2ccc(C(F)(F)F)cc2)NC(=O)N(CCCO)C1=O. The Morgan fingerprint density at radius 2 is 1.82 bits per heavy atom. The van der Waals surface area contributed by atoms with Crippen LogP contribution in [0.15, 0.2) is 24.3 Å². The van der Waals surface area contributed by atoms with Gasteiger partial charge in [-0.3, -0.25) is 9.69 Å². The molecule has 1 atom stereocenters. The monoisotopic (exact) mass is 316 g/mol. The molecule has 3 amide bonds. The largest absolute Gasteiger partial charge is 0.416 e. The molecule has 1 aliphatic heterocycles. The molecule has 5 nitrogen and oxygen atoms in total. The lowest BCUT2D eigenvalue weighted by molar-refractivity contribution is -0.137. The second-order valence-electron chi connectivity index (χ2n) is 5.16. The molecule has 0 radical (unpaired) electrons. The Labute approximate surface area is 124 Å². The van der Waals surface area contributed by atoms with Crippen molar-refractivity contribution < 1.29 is 27.9 Å². The molecule has 0 aliphatic carbocycles. The highest BCUT2D eigenvalue weighted by Crippen LogP contribution is 2.33. The van der Waals surface area contributed by atoms with Crippen LogP contribution in [0.1, 0.15) is 24.5 Å². The number of nitrogens with one attached hydrogen (secondary N) is 1. The highest BCUT2D eigenvalue weighted by Gasteiger charge is 2.48. The summed E-state index contributed by atoms with van der Waals surface area (Å²) in [6.07, 6.45) is -4.22. The lowest BCUT2D eigenvalue weighted by atomic mass is 9.91. The van der Waals surface area contributed by atoms with Crippen molar-refractivity contribution in [2.45, 2.75) is 25.1 Å². The van der Waals surface area contributed by atoms with Gasteiger partial charge >= 0.3 is 12.2 Å². The van der Waals surface area contributed by atoms with Gasteiger partial charge in [0, 0.05) is 13.2 Å². The van der Waals surface area contributed by atoms with Crippen molar-refractivity contribution in [3.8, 4) is 0 Å². The zero-order chi connectivity index (χ0) is 16.5. The van der Waals surface area contributed by atoms with E-state index < -0.39 is 29.2 Å². The molecule has 2 rings (SSSR count). The van der Waals surface area contributed by atoms with Crippen molar-refractivity contribution in [3.63, 3.8) is 0 Å². The molecule has 1 aromatic rings. The lowest BCUT2D eigenvalue weighted by Gasteiger charge is -2.22. The number of imide groups is 1. The standard InChI is InChI=1S/C14H15F3N2O3/c1-13(9-3-5-10(6-4-9)14(15,16)17)11(21)19(7-2-8-20)12(22)18-13/h3-6,20H,2,7-8H2,1H3,(H,18,22). The number of hydrogen-bond donors (Lipinski definition) is 2. The number of aliphatic hydroxyl groups is 1. The summed E-state index contributed by atoms with van der Waals surface area (Å²) in [4.78, 5) is 25.2. The Hall–Kier alpha value is -2.09. The van der Waals surface area contributed by atoms with Crippen LogP contribution in [0.5, 0.6) is 0 Å². The summed E-state index contributed by atoms with van der Waals surface area (Å²) in [5.41, 5.74) is -1.96. The van der Waals surface area contributed by atoms with Gasteiger partial charge in [0.15, 0.2) is 0 Å². The highest BCUT2D eigenvalue weighted by atomic mass is 19.4. The fraction of sp³-hybridized carbons (Fsp3) is 0.429. The molecule has 22 heavy (non-hydrogen) atoms. The van der Waals surface area contributed by atoms with E-state index in [4.69, 9.17) is 5.11 Å². The van der Waals surface area contributed by atoms with Crippen LogP contribution in [0.2, 0.25) is 0 Å². The molecule has 0 aromatic heterocycles. The van der Waals surface area contributed by atoms with Crippen LogP contribution in [-0.4, -0.2) is 35.1 Å². The molecular formula is C14H15F3N2O3. The molecule has 8 heteroatoms. The smallest absolute Gasteiger partial charge is 0.396 e. The maximum atomic E-state index is 12.6. The second-order valence-corrected chi connectivity index (χ2v) is 5.16. The van der Waals surface area contributed by atoms with Gasteiger partial charge in [0.1, 0.15) is 5.54 Å². The first-order valence-electron chi connectivity index (χ1n) is 6.63. The summed E-state index contributed by atoms with van der Waals surface area (Å²) < 4.78 is 37.7. The lowest BCUT2D eigenvalue weighted by Crippen LogP contribution is -2.41. The molecule has 1 unspecified atom stereocenters. The van der Waals surface area contributed by atoms with E-state index in [-0.39, 0.29) is 25.1 Å². The second kappa shape index (κ2) is 5.60. The minimum atomic E-state index is -4.46. The van der Waals surface area contributed by atoms with Gasteiger partial charge < -0.3 is 10.4 Å². The van der Waals surface area contributed by atoms with E-state index in [0.717, 1.165) is 17.0 Å². The number of urea groups is 1. The summed E-state index contributed by atoms with van der Waals surface area (Å²) in [5.74, 6) is -0.550. The zero-order valence-corrected chi connectivity index (χ0v) is 11.8. The minimum absolute atomic E-state index is 0.0530. The summed E-state index contributed by atoms with van der Waals surface area (Å²) >= 11 is 0. The molecule has 0 bridgehead atoms. The maximum Gasteiger partial charge on any atom is 0.416 e. The summed E-state index contributed by atoms with van der Waals surface area (Å²) in [6, 6.07) is 3.47. The molecule has 0 spiro atoms. The number of carbonyl (C=O) groups is 2. The molecule has 1 heterocycles. The number of rotatable bonds is 4. The van der Waals surface area contributed by atoms with E-state index in [0.29, 0.717) is 0 Å². The average molecular weight is 316 g/mol. The molecule has 0 saturated carbocycles. The minimum Gasteiger partial charge on any atom is -0.396 e. The average Bonchev–Trinajstić information content (AvgIpc) is 2.67. The van der Waals surface area contributed by atoms with E-state index >= 15 is 0 Å². The number of benzene rings is 1. The van der Waals surface area contributed by atoms with Crippen LogP contribution in [0.25, 0.3) is 0 Å². The normalized spacial score (nSPS) is 22.1. The van der Waals surface area contributed by atoms with Crippen LogP contribution in [0, 0.1) is 0 Å². The Morgan fingerprint density at radius 3 is 2.32 bits per heavy atom. The number of nitrogens with zero attached hydrogens (tertiary/aromatic N) is 1. The maximum absolute atomic E-state index is 12.6. The van der Waals surface area contributed by atoms with Crippen LogP contribution < -0.4 is 5.32 Å². The van der Waals surface area contributed by atoms with Crippen LogP contribution in [0.3, 0.4) is 0 Å². The first-order chi connectivity index (χ1) is 10.2. The molecule has 120 valence electrons. The van der Waals surface area contributed by atoms with Gasteiger partial charge in [-0.2, -0.15) is 13.2 Å². The van der Waals surface area contributed by atoms with Gasteiger partial charge in [0.2, 0.25) is 0 Å². The highest BCUT2D eigenvalue weighted by molar-refractivity contribution is 6.07. The number of halogens is 3. The Balaban J connectivity index is 2.28. The summed E-state index contributed by atoms with van der Waals surface area (Å²) in [5, 5.41) is 11.3. The topological polar surface area (TPSA) is 69.6 Å². The zero-order valence-electron chi connectivity index (χ0n) is 11.8. The van der Waals surface area contributed by atoms with Gasteiger partial charge in [-0.05, 0) is 31.0 Å². The van der Waals surface area contributed by atoms with E-state index in [1.165, 1.54) is 19.1 Å². The van der Waals surface area contributed by atoms with Crippen molar-refractivity contribution in [3.05, 3.63) is 35.4 Å². The predicted molar refractivity (Wildman–Crippen MR) is 70.7 cm³/mol. The van der Waals surface area contributed by atoms with E-state index in [2.05, 4.69) is 5.32 Å². The molecular weight excluding hydrogens is 301 g/mol. The molecule has 2 N–H and O–H groups in total. The number of aliphatic hydroxyl groups excluding tert-OH is 1. The van der Waals surface area contributed by atoms with Crippen molar-refractivity contribution >= 4 is 11.9 Å². The third kappa shape index (κ3) is 2.78. The van der Waals surface area contributed by atoms with E-state index in [1.807, 2.05) is 0 Å². The first kappa shape index (κ1) is 16.3. The quantitative estimate of drug-likeness (QED) is 0.833. The molecule has 1 aromatic carbocycles. The number of amides is 3. The Morgan fingerprint density at radius 1 is 1.23 bits per heavy atom. The number of alkyl halides is 3. The molecule has 1 fully saturated rings. The summed E-state index contributed by atoms with van der Waals surface area (Å²) in [6.45, 7) is 1.32. The van der Waals surface area contributed by atoms with Crippen molar-refractivity contribution in [1.29, 1.82) is 0 Å². The third-order valence-corrected chi connectivity index (χ3v) is 3.60.